The van der Waals surface area contributed by atoms with Crippen molar-refractivity contribution in [3.63, 3.8) is 0 Å². The summed E-state index contributed by atoms with van der Waals surface area (Å²) in [5, 5.41) is 5.55. The van der Waals surface area contributed by atoms with Gasteiger partial charge in [-0.25, -0.2) is 0 Å². The Morgan fingerprint density at radius 1 is 1.14 bits per heavy atom. The summed E-state index contributed by atoms with van der Waals surface area (Å²) < 4.78 is 0. The van der Waals surface area contributed by atoms with Crippen molar-refractivity contribution in [3.8, 4) is 0 Å². The molecule has 0 unspecified atom stereocenters. The number of carbonyl (C=O) groups is 2. The van der Waals surface area contributed by atoms with E-state index in [0.717, 1.165) is 25.7 Å². The first-order valence-electron chi connectivity index (χ1n) is 7.09. The molecular formula is C15H22ClN3O2. The molecule has 1 aliphatic carbocycles. The molecular weight excluding hydrogens is 290 g/mol. The van der Waals surface area contributed by atoms with E-state index in [-0.39, 0.29) is 36.8 Å². The summed E-state index contributed by atoms with van der Waals surface area (Å²) in [7, 11) is 0. The zero-order valence-electron chi connectivity index (χ0n) is 11.9. The molecule has 0 saturated heterocycles. The number of hydrogen-bond donors (Lipinski definition) is 3. The zero-order chi connectivity index (χ0) is 14.4. The predicted octanol–water partition coefficient (Wildman–Crippen LogP) is 1.87. The maximum absolute atomic E-state index is 11.9. The summed E-state index contributed by atoms with van der Waals surface area (Å²) in [5.74, 6) is -0.457. The van der Waals surface area contributed by atoms with Gasteiger partial charge in [0.1, 0.15) is 0 Å². The molecule has 0 bridgehead atoms. The topological polar surface area (TPSA) is 84.2 Å². The highest BCUT2D eigenvalue weighted by atomic mass is 35.5. The number of amides is 2. The van der Waals surface area contributed by atoms with Gasteiger partial charge in [0, 0.05) is 11.7 Å². The molecule has 116 valence electrons. The molecule has 1 aromatic rings. The lowest BCUT2D eigenvalue weighted by molar-refractivity contribution is -0.121. The Morgan fingerprint density at radius 2 is 1.81 bits per heavy atom. The van der Waals surface area contributed by atoms with Crippen LogP contribution in [0.5, 0.6) is 0 Å². The third kappa shape index (κ3) is 5.27. The molecule has 0 spiro atoms. The van der Waals surface area contributed by atoms with Gasteiger partial charge in [-0.1, -0.05) is 31.4 Å². The highest BCUT2D eigenvalue weighted by Gasteiger charge is 2.16. The van der Waals surface area contributed by atoms with Gasteiger partial charge in [-0.3, -0.25) is 9.59 Å². The van der Waals surface area contributed by atoms with Gasteiger partial charge in [-0.05, 0) is 25.0 Å². The zero-order valence-corrected chi connectivity index (χ0v) is 12.7. The normalized spacial score (nSPS) is 14.9. The summed E-state index contributed by atoms with van der Waals surface area (Å²) in [6, 6.07) is 7.07. The van der Waals surface area contributed by atoms with Gasteiger partial charge in [-0.15, -0.1) is 12.4 Å². The second kappa shape index (κ2) is 8.52. The Bertz CT molecular complexity index is 488. The number of hydrogen-bond acceptors (Lipinski definition) is 3. The van der Waals surface area contributed by atoms with Gasteiger partial charge >= 0.3 is 0 Å². The van der Waals surface area contributed by atoms with Crippen molar-refractivity contribution in [1.29, 1.82) is 0 Å². The fraction of sp³-hybridized carbons (Fsp3) is 0.467. The van der Waals surface area contributed by atoms with E-state index in [1.54, 1.807) is 24.3 Å². The molecule has 1 aliphatic rings. The fourth-order valence-electron chi connectivity index (χ4n) is 2.49. The lowest BCUT2D eigenvalue weighted by atomic mass is 9.95. The van der Waals surface area contributed by atoms with Crippen molar-refractivity contribution in [2.75, 3.05) is 12.3 Å². The minimum atomic E-state index is -0.318. The number of nitrogen functional groups attached to an aromatic ring is 1. The molecule has 2 rings (SSSR count). The monoisotopic (exact) mass is 311 g/mol. The quantitative estimate of drug-likeness (QED) is 0.742. The van der Waals surface area contributed by atoms with E-state index in [9.17, 15) is 9.59 Å². The number of rotatable bonds is 4. The molecule has 1 aromatic carbocycles. The molecule has 4 N–H and O–H groups in total. The molecule has 0 atom stereocenters. The molecule has 0 heterocycles. The first-order valence-corrected chi connectivity index (χ1v) is 7.09. The number of para-hydroxylation sites is 1. The minimum absolute atomic E-state index is 0. The number of benzene rings is 1. The molecule has 0 aromatic heterocycles. The van der Waals surface area contributed by atoms with Gasteiger partial charge in [0.15, 0.2) is 0 Å². The number of carbonyl (C=O) groups excluding carboxylic acids is 2. The van der Waals surface area contributed by atoms with Gasteiger partial charge in [0.05, 0.1) is 12.1 Å². The Hall–Kier alpha value is -1.75. The van der Waals surface area contributed by atoms with Gasteiger partial charge in [0.25, 0.3) is 5.91 Å². The van der Waals surface area contributed by atoms with Crippen molar-refractivity contribution in [1.82, 2.24) is 10.6 Å². The van der Waals surface area contributed by atoms with Crippen LogP contribution in [0.1, 0.15) is 42.5 Å². The lowest BCUT2D eigenvalue weighted by Gasteiger charge is -2.22. The van der Waals surface area contributed by atoms with E-state index in [1.165, 1.54) is 6.42 Å². The van der Waals surface area contributed by atoms with E-state index >= 15 is 0 Å². The summed E-state index contributed by atoms with van der Waals surface area (Å²) in [6.07, 6.45) is 5.64. The highest BCUT2D eigenvalue weighted by molar-refractivity contribution is 6.00. The van der Waals surface area contributed by atoms with Crippen LogP contribution in [-0.4, -0.2) is 24.4 Å². The van der Waals surface area contributed by atoms with Crippen LogP contribution in [0.4, 0.5) is 5.69 Å². The van der Waals surface area contributed by atoms with Crippen molar-refractivity contribution < 1.29 is 9.59 Å². The van der Waals surface area contributed by atoms with Gasteiger partial charge in [-0.2, -0.15) is 0 Å². The van der Waals surface area contributed by atoms with Crippen LogP contribution in [0.15, 0.2) is 24.3 Å². The van der Waals surface area contributed by atoms with Crippen LogP contribution in [0.25, 0.3) is 0 Å². The number of anilines is 1. The molecule has 21 heavy (non-hydrogen) atoms. The average Bonchev–Trinajstić information content (AvgIpc) is 2.46. The third-order valence-corrected chi connectivity index (χ3v) is 3.59. The van der Waals surface area contributed by atoms with Crippen molar-refractivity contribution in [3.05, 3.63) is 29.8 Å². The lowest BCUT2D eigenvalue weighted by Crippen LogP contribution is -2.42. The predicted molar refractivity (Wildman–Crippen MR) is 85.5 cm³/mol. The van der Waals surface area contributed by atoms with Crippen LogP contribution in [0.2, 0.25) is 0 Å². The molecule has 1 fully saturated rings. The summed E-state index contributed by atoms with van der Waals surface area (Å²) in [5.41, 5.74) is 6.53. The van der Waals surface area contributed by atoms with Crippen molar-refractivity contribution in [2.24, 2.45) is 0 Å². The third-order valence-electron chi connectivity index (χ3n) is 3.59. The summed E-state index contributed by atoms with van der Waals surface area (Å²) in [4.78, 5) is 23.7. The second-order valence-electron chi connectivity index (χ2n) is 5.17. The van der Waals surface area contributed by atoms with Crippen LogP contribution in [-0.2, 0) is 4.79 Å². The molecule has 2 amide bonds. The van der Waals surface area contributed by atoms with E-state index in [2.05, 4.69) is 10.6 Å². The van der Waals surface area contributed by atoms with E-state index in [1.807, 2.05) is 0 Å². The van der Waals surface area contributed by atoms with Crippen molar-refractivity contribution in [2.45, 2.75) is 38.1 Å². The largest absolute Gasteiger partial charge is 0.398 e. The summed E-state index contributed by atoms with van der Waals surface area (Å²) in [6.45, 7) is -0.0103. The van der Waals surface area contributed by atoms with Gasteiger partial charge in [0.2, 0.25) is 5.91 Å². The number of halogens is 1. The second-order valence-corrected chi connectivity index (χ2v) is 5.17. The molecule has 5 nitrogen and oxygen atoms in total. The summed E-state index contributed by atoms with van der Waals surface area (Å²) >= 11 is 0. The maximum Gasteiger partial charge on any atom is 0.253 e. The Kier molecular flexibility index (Phi) is 7.02. The average molecular weight is 312 g/mol. The maximum atomic E-state index is 11.9. The highest BCUT2D eigenvalue weighted by Crippen LogP contribution is 2.17. The molecule has 1 saturated carbocycles. The van der Waals surface area contributed by atoms with Crippen LogP contribution >= 0.6 is 12.4 Å². The van der Waals surface area contributed by atoms with E-state index in [4.69, 9.17) is 5.73 Å². The van der Waals surface area contributed by atoms with E-state index < -0.39 is 0 Å². The number of nitrogens with one attached hydrogen (secondary N) is 2. The first kappa shape index (κ1) is 17.3. The Balaban J connectivity index is 0.00000220. The van der Waals surface area contributed by atoms with E-state index in [0.29, 0.717) is 11.3 Å². The number of nitrogens with two attached hydrogens (primary N) is 1. The minimum Gasteiger partial charge on any atom is -0.398 e. The smallest absolute Gasteiger partial charge is 0.253 e. The van der Waals surface area contributed by atoms with Gasteiger partial charge < -0.3 is 16.4 Å². The fourth-order valence-corrected chi connectivity index (χ4v) is 2.49. The van der Waals surface area contributed by atoms with Crippen LogP contribution in [0, 0.1) is 0 Å². The first-order chi connectivity index (χ1) is 9.66. The Labute approximate surface area is 131 Å². The van der Waals surface area contributed by atoms with Crippen LogP contribution < -0.4 is 16.4 Å². The molecule has 6 heteroatoms. The van der Waals surface area contributed by atoms with Crippen LogP contribution in [0.3, 0.4) is 0 Å². The molecule has 0 radical (unpaired) electrons. The Morgan fingerprint density at radius 3 is 2.48 bits per heavy atom. The SMILES string of the molecule is Cl.Nc1ccccc1C(=O)NCC(=O)NC1CCCCC1. The van der Waals surface area contributed by atoms with Crippen molar-refractivity contribution >= 4 is 29.9 Å². The standard InChI is InChI=1S/C15H21N3O2.ClH/c16-13-9-5-4-8-12(13)15(20)17-10-14(19)18-11-6-2-1-3-7-11;/h4-5,8-9,11H,1-3,6-7,10,16H2,(H,17,20)(H,18,19);1H. The molecule has 0 aliphatic heterocycles.